The third kappa shape index (κ3) is 5.99. The van der Waals surface area contributed by atoms with Crippen LogP contribution in [0.4, 0.5) is 0 Å². The van der Waals surface area contributed by atoms with Crippen molar-refractivity contribution < 1.29 is 19.5 Å². The predicted molar refractivity (Wildman–Crippen MR) is 106 cm³/mol. The summed E-state index contributed by atoms with van der Waals surface area (Å²) in [5.41, 5.74) is 0.544. The fourth-order valence-electron chi connectivity index (χ4n) is 3.02. The van der Waals surface area contributed by atoms with Gasteiger partial charge >= 0.3 is 5.97 Å². The summed E-state index contributed by atoms with van der Waals surface area (Å²) in [4.78, 5) is 38.5. The number of carboxylic acid groups (broad SMARTS) is 1. The molecule has 1 aliphatic rings. The molecule has 2 amide bonds. The van der Waals surface area contributed by atoms with Gasteiger partial charge in [-0.05, 0) is 37.8 Å². The molecule has 7 heteroatoms. The second-order valence-electron chi connectivity index (χ2n) is 7.25. The second kappa shape index (κ2) is 9.78. The van der Waals surface area contributed by atoms with Crippen LogP contribution in [0.5, 0.6) is 0 Å². The van der Waals surface area contributed by atoms with Gasteiger partial charge in [0.2, 0.25) is 5.91 Å². The number of rotatable bonds is 7. The molecule has 6 nitrogen and oxygen atoms in total. The summed E-state index contributed by atoms with van der Waals surface area (Å²) >= 11 is 1.18. The number of nitrogens with zero attached hydrogens (tertiary/aromatic N) is 1. The summed E-state index contributed by atoms with van der Waals surface area (Å²) in [5, 5.41) is 11.5. The summed E-state index contributed by atoms with van der Waals surface area (Å²) < 4.78 is 0. The summed E-state index contributed by atoms with van der Waals surface area (Å²) in [5.74, 6) is -0.755. The van der Waals surface area contributed by atoms with E-state index in [2.05, 4.69) is 5.32 Å². The Morgan fingerprint density at radius 3 is 2.63 bits per heavy atom. The number of piperidine rings is 1. The number of thioether (sulfide) groups is 1. The van der Waals surface area contributed by atoms with Crippen molar-refractivity contribution in [2.75, 3.05) is 19.6 Å². The summed E-state index contributed by atoms with van der Waals surface area (Å²) in [6.07, 6.45) is 1.88. The molecule has 0 bridgehead atoms. The zero-order valence-corrected chi connectivity index (χ0v) is 16.9. The Hall–Kier alpha value is -2.02. The maximum absolute atomic E-state index is 13.0. The fourth-order valence-corrected chi connectivity index (χ4v) is 3.94. The van der Waals surface area contributed by atoms with Crippen LogP contribution in [0.25, 0.3) is 0 Å². The molecule has 0 saturated carbocycles. The molecule has 0 aromatic heterocycles. The normalized spacial score (nSPS) is 18.2. The predicted octanol–water partition coefficient (Wildman–Crippen LogP) is 2.88. The van der Waals surface area contributed by atoms with E-state index < -0.39 is 11.2 Å². The zero-order valence-electron chi connectivity index (χ0n) is 16.1. The van der Waals surface area contributed by atoms with E-state index in [-0.39, 0.29) is 23.7 Å². The number of carbonyl (C=O) groups is 3. The van der Waals surface area contributed by atoms with Crippen LogP contribution in [-0.4, -0.2) is 52.7 Å². The Morgan fingerprint density at radius 2 is 1.96 bits per heavy atom. The quantitative estimate of drug-likeness (QED) is 0.697. The van der Waals surface area contributed by atoms with Gasteiger partial charge in [0, 0.05) is 30.4 Å². The highest BCUT2D eigenvalue weighted by molar-refractivity contribution is 8.00. The first-order valence-corrected chi connectivity index (χ1v) is 10.2. The van der Waals surface area contributed by atoms with Gasteiger partial charge in [0.25, 0.3) is 5.91 Å². The van der Waals surface area contributed by atoms with E-state index in [0.29, 0.717) is 30.1 Å². The van der Waals surface area contributed by atoms with E-state index in [0.717, 1.165) is 12.8 Å². The highest BCUT2D eigenvalue weighted by Gasteiger charge is 2.27. The van der Waals surface area contributed by atoms with E-state index >= 15 is 0 Å². The summed E-state index contributed by atoms with van der Waals surface area (Å²) in [7, 11) is 0. The molecule has 1 saturated heterocycles. The van der Waals surface area contributed by atoms with Crippen LogP contribution in [0.2, 0.25) is 0 Å². The van der Waals surface area contributed by atoms with E-state index in [1.54, 1.807) is 25.1 Å². The Morgan fingerprint density at radius 1 is 1.26 bits per heavy atom. The lowest BCUT2D eigenvalue weighted by molar-refractivity contribution is -0.136. The van der Waals surface area contributed by atoms with Crippen LogP contribution >= 0.6 is 11.8 Å². The number of hydrogen-bond acceptors (Lipinski definition) is 4. The minimum atomic E-state index is -0.902. The maximum atomic E-state index is 13.0. The molecule has 1 fully saturated rings. The van der Waals surface area contributed by atoms with Crippen LogP contribution in [0.3, 0.4) is 0 Å². The third-order valence-corrected chi connectivity index (χ3v) is 5.83. The highest BCUT2D eigenvalue weighted by atomic mass is 32.2. The number of carboxylic acids is 1. The lowest BCUT2D eigenvalue weighted by atomic mass is 9.97. The number of aliphatic carboxylic acids is 1. The largest absolute Gasteiger partial charge is 0.480 e. The van der Waals surface area contributed by atoms with Gasteiger partial charge in [0.05, 0.1) is 5.56 Å². The zero-order chi connectivity index (χ0) is 20.0. The minimum absolute atomic E-state index is 0.0304. The van der Waals surface area contributed by atoms with Crippen molar-refractivity contribution in [3.05, 3.63) is 29.8 Å². The van der Waals surface area contributed by atoms with Crippen molar-refractivity contribution in [1.29, 1.82) is 0 Å². The first-order chi connectivity index (χ1) is 12.8. The van der Waals surface area contributed by atoms with E-state index in [4.69, 9.17) is 5.11 Å². The molecule has 1 aliphatic heterocycles. The number of likely N-dealkylation sites (tertiary alicyclic amines) is 1. The molecule has 1 aromatic rings. The van der Waals surface area contributed by atoms with Gasteiger partial charge < -0.3 is 15.3 Å². The average Bonchev–Trinajstić information content (AvgIpc) is 2.66. The number of amides is 2. The molecular weight excluding hydrogens is 364 g/mol. The van der Waals surface area contributed by atoms with E-state index in [1.807, 2.05) is 24.8 Å². The molecule has 2 unspecified atom stereocenters. The third-order valence-electron chi connectivity index (χ3n) is 4.66. The van der Waals surface area contributed by atoms with Gasteiger partial charge in [-0.25, -0.2) is 0 Å². The molecular formula is C20H28N2O4S. The average molecular weight is 393 g/mol. The smallest absolute Gasteiger partial charge is 0.316 e. The fraction of sp³-hybridized carbons (Fsp3) is 0.550. The molecule has 0 spiro atoms. The van der Waals surface area contributed by atoms with Crippen molar-refractivity contribution in [3.63, 3.8) is 0 Å². The summed E-state index contributed by atoms with van der Waals surface area (Å²) in [6.45, 7) is 7.19. The summed E-state index contributed by atoms with van der Waals surface area (Å²) in [6, 6.07) is 7.16. The van der Waals surface area contributed by atoms with Gasteiger partial charge in [-0.3, -0.25) is 14.4 Å². The molecule has 148 valence electrons. The van der Waals surface area contributed by atoms with Crippen molar-refractivity contribution in [3.8, 4) is 0 Å². The lowest BCUT2D eigenvalue weighted by Gasteiger charge is -2.33. The Balaban J connectivity index is 2.04. The number of hydrogen-bond donors (Lipinski definition) is 2. The van der Waals surface area contributed by atoms with Crippen LogP contribution in [0, 0.1) is 11.8 Å². The van der Waals surface area contributed by atoms with Crippen molar-refractivity contribution >= 4 is 29.5 Å². The van der Waals surface area contributed by atoms with Gasteiger partial charge in [0.15, 0.2) is 0 Å². The number of nitrogens with one attached hydrogen (secondary N) is 1. The lowest BCUT2D eigenvalue weighted by Crippen LogP contribution is -2.44. The van der Waals surface area contributed by atoms with Crippen molar-refractivity contribution in [2.45, 2.75) is 43.8 Å². The van der Waals surface area contributed by atoms with Gasteiger partial charge in [-0.1, -0.05) is 26.0 Å². The second-order valence-corrected chi connectivity index (χ2v) is 8.64. The Bertz CT molecular complexity index is 692. The molecule has 27 heavy (non-hydrogen) atoms. The SMILES string of the molecule is CC(C)C(=O)NCC1CCCN(C(=O)c2ccccc2SC(C)C(=O)O)C1. The van der Waals surface area contributed by atoms with E-state index in [9.17, 15) is 14.4 Å². The first-order valence-electron chi connectivity index (χ1n) is 9.35. The minimum Gasteiger partial charge on any atom is -0.480 e. The standard InChI is InChI=1S/C20H28N2O4S/c1-13(2)18(23)21-11-15-7-6-10-22(12-15)19(24)16-8-4-5-9-17(16)27-14(3)20(25)26/h4-5,8-9,13-15H,6-7,10-12H2,1-3H3,(H,21,23)(H,25,26). The Labute approximate surface area is 164 Å². The topological polar surface area (TPSA) is 86.7 Å². The number of carbonyl (C=O) groups excluding carboxylic acids is 2. The maximum Gasteiger partial charge on any atom is 0.316 e. The highest BCUT2D eigenvalue weighted by Crippen LogP contribution is 2.29. The molecule has 2 N–H and O–H groups in total. The van der Waals surface area contributed by atoms with Gasteiger partial charge in [-0.15, -0.1) is 11.8 Å². The van der Waals surface area contributed by atoms with Crippen molar-refractivity contribution in [1.82, 2.24) is 10.2 Å². The molecule has 1 aromatic carbocycles. The van der Waals surface area contributed by atoms with Crippen LogP contribution in [0.1, 0.15) is 44.0 Å². The van der Waals surface area contributed by atoms with Crippen molar-refractivity contribution in [2.24, 2.45) is 11.8 Å². The van der Waals surface area contributed by atoms with Gasteiger partial charge in [0.1, 0.15) is 5.25 Å². The molecule has 2 rings (SSSR count). The Kier molecular flexibility index (Phi) is 7.71. The molecule has 1 heterocycles. The number of benzene rings is 1. The molecule has 0 aliphatic carbocycles. The molecule has 2 atom stereocenters. The van der Waals surface area contributed by atoms with Crippen LogP contribution in [-0.2, 0) is 9.59 Å². The van der Waals surface area contributed by atoms with Crippen LogP contribution < -0.4 is 5.32 Å². The monoisotopic (exact) mass is 392 g/mol. The first kappa shape index (κ1) is 21.3. The van der Waals surface area contributed by atoms with E-state index in [1.165, 1.54) is 11.8 Å². The van der Waals surface area contributed by atoms with Gasteiger partial charge in [-0.2, -0.15) is 0 Å². The molecule has 0 radical (unpaired) electrons. The van der Waals surface area contributed by atoms with Crippen LogP contribution in [0.15, 0.2) is 29.2 Å².